The molecule has 0 saturated carbocycles. The van der Waals surface area contributed by atoms with Crippen molar-refractivity contribution < 1.29 is 12.8 Å². The SMILES string of the molecule is CNC1CCN(S(=O)(=O)c2cccc(C)c2F)CC1. The molecule has 0 unspecified atom stereocenters. The lowest BCUT2D eigenvalue weighted by atomic mass is 10.1. The molecule has 1 N–H and O–H groups in total. The summed E-state index contributed by atoms with van der Waals surface area (Å²) < 4.78 is 40.2. The second-order valence-corrected chi connectivity index (χ2v) is 6.76. The van der Waals surface area contributed by atoms with E-state index in [2.05, 4.69) is 5.32 Å². The van der Waals surface area contributed by atoms with E-state index < -0.39 is 15.8 Å². The molecule has 0 atom stereocenters. The molecule has 0 aromatic heterocycles. The third-order valence-electron chi connectivity index (χ3n) is 3.64. The van der Waals surface area contributed by atoms with Gasteiger partial charge in [-0.05, 0) is 38.4 Å². The Kier molecular flexibility index (Phi) is 4.23. The van der Waals surface area contributed by atoms with E-state index in [1.165, 1.54) is 10.4 Å². The first-order valence-corrected chi connectivity index (χ1v) is 7.83. The summed E-state index contributed by atoms with van der Waals surface area (Å²) in [5, 5.41) is 3.14. The molecule has 0 bridgehead atoms. The van der Waals surface area contributed by atoms with E-state index in [0.29, 0.717) is 24.7 Å². The fourth-order valence-electron chi connectivity index (χ4n) is 2.34. The average molecular weight is 286 g/mol. The predicted octanol–water partition coefficient (Wildman–Crippen LogP) is 1.51. The number of nitrogens with one attached hydrogen (secondary N) is 1. The van der Waals surface area contributed by atoms with E-state index in [-0.39, 0.29) is 4.90 Å². The maximum atomic E-state index is 14.0. The van der Waals surface area contributed by atoms with Gasteiger partial charge in [0.25, 0.3) is 0 Å². The van der Waals surface area contributed by atoms with Gasteiger partial charge in [0.05, 0.1) is 0 Å². The molecule has 106 valence electrons. The van der Waals surface area contributed by atoms with Crippen LogP contribution in [0.4, 0.5) is 4.39 Å². The minimum Gasteiger partial charge on any atom is -0.317 e. The molecule has 0 radical (unpaired) electrons. The Bertz CT molecular complexity index is 552. The van der Waals surface area contributed by atoms with Crippen molar-refractivity contribution in [1.82, 2.24) is 9.62 Å². The Hall–Kier alpha value is -0.980. The van der Waals surface area contributed by atoms with Crippen molar-refractivity contribution in [1.29, 1.82) is 0 Å². The number of piperidine rings is 1. The van der Waals surface area contributed by atoms with Crippen molar-refractivity contribution in [2.75, 3.05) is 20.1 Å². The number of aryl methyl sites for hydroxylation is 1. The number of sulfonamides is 1. The van der Waals surface area contributed by atoms with Crippen molar-refractivity contribution in [2.45, 2.75) is 30.7 Å². The van der Waals surface area contributed by atoms with Crippen molar-refractivity contribution in [2.24, 2.45) is 0 Å². The van der Waals surface area contributed by atoms with Gasteiger partial charge in [0.1, 0.15) is 10.7 Å². The van der Waals surface area contributed by atoms with Gasteiger partial charge < -0.3 is 5.32 Å². The topological polar surface area (TPSA) is 49.4 Å². The van der Waals surface area contributed by atoms with Crippen LogP contribution in [0.25, 0.3) is 0 Å². The second-order valence-electron chi connectivity index (χ2n) is 4.85. The van der Waals surface area contributed by atoms with Gasteiger partial charge in [0.2, 0.25) is 10.0 Å². The zero-order valence-electron chi connectivity index (χ0n) is 11.2. The van der Waals surface area contributed by atoms with Gasteiger partial charge in [-0.3, -0.25) is 0 Å². The maximum Gasteiger partial charge on any atom is 0.245 e. The van der Waals surface area contributed by atoms with Crippen molar-refractivity contribution in [3.05, 3.63) is 29.6 Å². The van der Waals surface area contributed by atoms with Crippen LogP contribution in [0.2, 0.25) is 0 Å². The van der Waals surface area contributed by atoms with Gasteiger partial charge in [0.15, 0.2) is 0 Å². The predicted molar refractivity (Wildman–Crippen MR) is 72.0 cm³/mol. The summed E-state index contributed by atoms with van der Waals surface area (Å²) in [6, 6.07) is 4.82. The Morgan fingerprint density at radius 2 is 1.95 bits per heavy atom. The summed E-state index contributed by atoms with van der Waals surface area (Å²) in [4.78, 5) is -0.213. The first-order valence-electron chi connectivity index (χ1n) is 6.39. The molecule has 2 rings (SSSR count). The van der Waals surface area contributed by atoms with Crippen LogP contribution in [0, 0.1) is 12.7 Å². The highest BCUT2D eigenvalue weighted by atomic mass is 32.2. The summed E-state index contributed by atoms with van der Waals surface area (Å²) in [5.74, 6) is -0.641. The standard InChI is InChI=1S/C13H19FN2O2S/c1-10-4-3-5-12(13(10)14)19(17,18)16-8-6-11(15-2)7-9-16/h3-5,11,15H,6-9H2,1-2H3. The first-order chi connectivity index (χ1) is 8.96. The smallest absolute Gasteiger partial charge is 0.245 e. The van der Waals surface area contributed by atoms with Gasteiger partial charge in [-0.1, -0.05) is 12.1 Å². The number of halogens is 1. The lowest BCUT2D eigenvalue weighted by molar-refractivity contribution is 0.297. The molecule has 1 aromatic rings. The Morgan fingerprint density at radius 3 is 2.53 bits per heavy atom. The number of hydrogen-bond donors (Lipinski definition) is 1. The monoisotopic (exact) mass is 286 g/mol. The lowest BCUT2D eigenvalue weighted by Crippen LogP contribution is -2.44. The van der Waals surface area contributed by atoms with Crippen molar-refractivity contribution in [3.8, 4) is 0 Å². The summed E-state index contributed by atoms with van der Waals surface area (Å²) in [7, 11) is -1.85. The Balaban J connectivity index is 2.26. The molecule has 1 heterocycles. The molecule has 1 saturated heterocycles. The minimum absolute atomic E-state index is 0.213. The summed E-state index contributed by atoms with van der Waals surface area (Å²) in [5.41, 5.74) is 0.353. The van der Waals surface area contributed by atoms with E-state index in [1.807, 2.05) is 7.05 Å². The number of hydrogen-bond acceptors (Lipinski definition) is 3. The molecule has 4 nitrogen and oxygen atoms in total. The molecule has 19 heavy (non-hydrogen) atoms. The number of benzene rings is 1. The normalized spacial score (nSPS) is 18.7. The van der Waals surface area contributed by atoms with E-state index in [1.54, 1.807) is 19.1 Å². The molecule has 0 spiro atoms. The number of nitrogens with zero attached hydrogens (tertiary/aromatic N) is 1. The Labute approximate surface area is 113 Å². The van der Waals surface area contributed by atoms with Gasteiger partial charge in [-0.25, -0.2) is 12.8 Å². The van der Waals surface area contributed by atoms with Gasteiger partial charge in [-0.2, -0.15) is 4.31 Å². The molecule has 1 aliphatic rings. The molecule has 1 fully saturated rings. The highest BCUT2D eigenvalue weighted by Crippen LogP contribution is 2.24. The summed E-state index contributed by atoms with van der Waals surface area (Å²) in [6.45, 7) is 2.43. The van der Waals surface area contributed by atoms with Crippen LogP contribution < -0.4 is 5.32 Å². The van der Waals surface area contributed by atoms with Gasteiger partial charge >= 0.3 is 0 Å². The largest absolute Gasteiger partial charge is 0.317 e. The van der Waals surface area contributed by atoms with E-state index >= 15 is 0 Å². The molecule has 0 aliphatic carbocycles. The maximum absolute atomic E-state index is 14.0. The second kappa shape index (κ2) is 5.56. The molecule has 0 amide bonds. The quantitative estimate of drug-likeness (QED) is 0.916. The van der Waals surface area contributed by atoms with Gasteiger partial charge in [0, 0.05) is 19.1 Å². The lowest BCUT2D eigenvalue weighted by Gasteiger charge is -2.31. The fourth-order valence-corrected chi connectivity index (χ4v) is 3.95. The molecule has 6 heteroatoms. The van der Waals surface area contributed by atoms with E-state index in [0.717, 1.165) is 12.8 Å². The first kappa shape index (κ1) is 14.4. The third-order valence-corrected chi connectivity index (χ3v) is 5.55. The highest BCUT2D eigenvalue weighted by Gasteiger charge is 2.31. The molecule has 1 aliphatic heterocycles. The summed E-state index contributed by atoms with van der Waals surface area (Å²) >= 11 is 0. The van der Waals surface area contributed by atoms with Crippen LogP contribution in [-0.4, -0.2) is 38.9 Å². The highest BCUT2D eigenvalue weighted by molar-refractivity contribution is 7.89. The van der Waals surface area contributed by atoms with Crippen LogP contribution in [0.5, 0.6) is 0 Å². The summed E-state index contributed by atoms with van der Waals surface area (Å²) in [6.07, 6.45) is 1.51. The molecular formula is C13H19FN2O2S. The molecular weight excluding hydrogens is 267 g/mol. The zero-order chi connectivity index (χ0) is 14.0. The Morgan fingerprint density at radius 1 is 1.32 bits per heavy atom. The van der Waals surface area contributed by atoms with E-state index in [9.17, 15) is 12.8 Å². The van der Waals surface area contributed by atoms with Gasteiger partial charge in [-0.15, -0.1) is 0 Å². The van der Waals surface area contributed by atoms with Crippen molar-refractivity contribution in [3.63, 3.8) is 0 Å². The molecule has 1 aromatic carbocycles. The van der Waals surface area contributed by atoms with E-state index in [4.69, 9.17) is 0 Å². The zero-order valence-corrected chi connectivity index (χ0v) is 12.0. The third kappa shape index (κ3) is 2.80. The van der Waals surface area contributed by atoms with Crippen LogP contribution >= 0.6 is 0 Å². The van der Waals surface area contributed by atoms with Crippen LogP contribution in [0.1, 0.15) is 18.4 Å². The van der Waals surface area contributed by atoms with Crippen LogP contribution in [0.3, 0.4) is 0 Å². The van der Waals surface area contributed by atoms with Crippen LogP contribution in [-0.2, 0) is 10.0 Å². The average Bonchev–Trinajstić information content (AvgIpc) is 2.41. The number of rotatable bonds is 3. The minimum atomic E-state index is -3.72. The van der Waals surface area contributed by atoms with Crippen LogP contribution in [0.15, 0.2) is 23.1 Å². The van der Waals surface area contributed by atoms with Crippen molar-refractivity contribution >= 4 is 10.0 Å². The fraction of sp³-hybridized carbons (Fsp3) is 0.538.